The monoisotopic (exact) mass is 237 g/mol. The van der Waals surface area contributed by atoms with Crippen LogP contribution in [0, 0.1) is 5.82 Å². The average Bonchev–Trinajstić information content (AvgIpc) is 2.01. The van der Waals surface area contributed by atoms with Crippen LogP contribution >= 0.6 is 23.2 Å². The van der Waals surface area contributed by atoms with Gasteiger partial charge in [-0.1, -0.05) is 23.2 Å². The third-order valence-electron chi connectivity index (χ3n) is 1.84. The molecule has 2 nitrogen and oxygen atoms in total. The highest BCUT2D eigenvalue weighted by atomic mass is 35.5. The molecule has 1 aromatic rings. The summed E-state index contributed by atoms with van der Waals surface area (Å²) in [6.45, 7) is 1.61. The summed E-state index contributed by atoms with van der Waals surface area (Å²) >= 11 is 11.5. The van der Waals surface area contributed by atoms with Crippen LogP contribution in [0.2, 0.25) is 10.0 Å². The second-order valence-corrected chi connectivity index (χ2v) is 3.90. The highest BCUT2D eigenvalue weighted by molar-refractivity contribution is 6.36. The zero-order valence-corrected chi connectivity index (χ0v) is 8.98. The quantitative estimate of drug-likeness (QED) is 0.831. The van der Waals surface area contributed by atoms with Gasteiger partial charge in [0.1, 0.15) is 5.82 Å². The number of aliphatic hydroxyl groups excluding tert-OH is 1. The van der Waals surface area contributed by atoms with Crippen molar-refractivity contribution in [1.29, 1.82) is 0 Å². The minimum atomic E-state index is -0.990. The lowest BCUT2D eigenvalue weighted by molar-refractivity contribution is 0.153. The highest BCUT2D eigenvalue weighted by Crippen LogP contribution is 2.32. The van der Waals surface area contributed by atoms with Crippen LogP contribution in [0.5, 0.6) is 0 Å². The molecule has 0 aliphatic rings. The fourth-order valence-electron chi connectivity index (χ4n) is 1.10. The molecule has 0 aromatic heterocycles. The predicted octanol–water partition coefficient (Wildman–Crippen LogP) is 2.51. The van der Waals surface area contributed by atoms with E-state index >= 15 is 0 Å². The summed E-state index contributed by atoms with van der Waals surface area (Å²) in [4.78, 5) is 0. The van der Waals surface area contributed by atoms with Crippen molar-refractivity contribution in [2.45, 2.75) is 19.1 Å². The molecule has 3 N–H and O–H groups in total. The van der Waals surface area contributed by atoms with Crippen molar-refractivity contribution in [3.63, 3.8) is 0 Å². The summed E-state index contributed by atoms with van der Waals surface area (Å²) in [5, 5.41) is 9.80. The molecule has 14 heavy (non-hydrogen) atoms. The van der Waals surface area contributed by atoms with E-state index in [2.05, 4.69) is 0 Å². The van der Waals surface area contributed by atoms with E-state index < -0.39 is 18.0 Å². The van der Waals surface area contributed by atoms with E-state index in [0.29, 0.717) is 0 Å². The largest absolute Gasteiger partial charge is 0.387 e. The molecular formula is C9H10Cl2FNO. The zero-order valence-electron chi connectivity index (χ0n) is 7.47. The molecule has 0 radical (unpaired) electrons. The summed E-state index contributed by atoms with van der Waals surface area (Å²) in [6, 6.07) is 1.67. The van der Waals surface area contributed by atoms with Crippen molar-refractivity contribution in [3.8, 4) is 0 Å². The maximum Gasteiger partial charge on any atom is 0.126 e. The highest BCUT2D eigenvalue weighted by Gasteiger charge is 2.19. The molecule has 0 bridgehead atoms. The van der Waals surface area contributed by atoms with E-state index in [-0.39, 0.29) is 15.6 Å². The van der Waals surface area contributed by atoms with Gasteiger partial charge in [0.25, 0.3) is 0 Å². The first-order chi connectivity index (χ1) is 6.43. The topological polar surface area (TPSA) is 46.2 Å². The molecule has 0 spiro atoms. The molecule has 0 aliphatic heterocycles. The standard InChI is InChI=1S/C9H10Cl2FNO/c1-4(13)9(14)8-6(10)2-5(12)3-7(8)11/h2-4,9,14H,13H2,1H3/t4-,9-/m1/s1. The third-order valence-corrected chi connectivity index (χ3v) is 2.46. The van der Waals surface area contributed by atoms with Gasteiger partial charge in [-0.05, 0) is 19.1 Å². The van der Waals surface area contributed by atoms with Gasteiger partial charge in [0, 0.05) is 11.6 Å². The fourth-order valence-corrected chi connectivity index (χ4v) is 1.78. The summed E-state index contributed by atoms with van der Waals surface area (Å²) in [6.07, 6.45) is -0.990. The van der Waals surface area contributed by atoms with E-state index in [1.54, 1.807) is 6.92 Å². The van der Waals surface area contributed by atoms with Gasteiger partial charge >= 0.3 is 0 Å². The normalized spacial score (nSPS) is 15.3. The van der Waals surface area contributed by atoms with Gasteiger partial charge in [-0.3, -0.25) is 0 Å². The Morgan fingerprint density at radius 1 is 1.36 bits per heavy atom. The molecule has 78 valence electrons. The minimum absolute atomic E-state index is 0.0831. The predicted molar refractivity (Wildman–Crippen MR) is 55.0 cm³/mol. The lowest BCUT2D eigenvalue weighted by Gasteiger charge is -2.17. The molecule has 2 atom stereocenters. The van der Waals surface area contributed by atoms with E-state index in [1.165, 1.54) is 0 Å². The van der Waals surface area contributed by atoms with Crippen LogP contribution < -0.4 is 5.73 Å². The number of halogens is 3. The molecule has 0 amide bonds. The van der Waals surface area contributed by atoms with Crippen LogP contribution in [0.4, 0.5) is 4.39 Å². The number of nitrogens with two attached hydrogens (primary N) is 1. The Hall–Kier alpha value is -0.350. The van der Waals surface area contributed by atoms with Crippen molar-refractivity contribution in [1.82, 2.24) is 0 Å². The van der Waals surface area contributed by atoms with E-state index in [9.17, 15) is 9.50 Å². The van der Waals surface area contributed by atoms with Gasteiger partial charge in [-0.2, -0.15) is 0 Å². The SMILES string of the molecule is C[C@@H](N)[C@@H](O)c1c(Cl)cc(F)cc1Cl. The minimum Gasteiger partial charge on any atom is -0.387 e. The van der Waals surface area contributed by atoms with Crippen LogP contribution in [0.25, 0.3) is 0 Å². The molecule has 1 aromatic carbocycles. The Kier molecular flexibility index (Phi) is 3.72. The maximum absolute atomic E-state index is 12.8. The Labute approximate surface area is 91.4 Å². The first kappa shape index (κ1) is 11.7. The van der Waals surface area contributed by atoms with Gasteiger partial charge < -0.3 is 10.8 Å². The van der Waals surface area contributed by atoms with Gasteiger partial charge in [0.15, 0.2) is 0 Å². The van der Waals surface area contributed by atoms with Gasteiger partial charge in [-0.15, -0.1) is 0 Å². The smallest absolute Gasteiger partial charge is 0.126 e. The molecule has 0 unspecified atom stereocenters. The number of benzene rings is 1. The molecule has 5 heteroatoms. The number of hydrogen-bond acceptors (Lipinski definition) is 2. The van der Waals surface area contributed by atoms with Crippen LogP contribution in [0.1, 0.15) is 18.6 Å². The molecule has 0 aliphatic carbocycles. The number of rotatable bonds is 2. The Morgan fingerprint density at radius 3 is 2.14 bits per heavy atom. The van der Waals surface area contributed by atoms with Gasteiger partial charge in [0.2, 0.25) is 0 Å². The van der Waals surface area contributed by atoms with Crippen molar-refractivity contribution in [2.75, 3.05) is 0 Å². The van der Waals surface area contributed by atoms with Crippen LogP contribution in [0.3, 0.4) is 0 Å². The summed E-state index contributed by atoms with van der Waals surface area (Å²) in [5.41, 5.74) is 5.75. The molecule has 1 rings (SSSR count). The van der Waals surface area contributed by atoms with Crippen molar-refractivity contribution in [2.24, 2.45) is 5.73 Å². The zero-order chi connectivity index (χ0) is 10.9. The average molecular weight is 238 g/mol. The summed E-state index contributed by atoms with van der Waals surface area (Å²) in [7, 11) is 0. The lowest BCUT2D eigenvalue weighted by atomic mass is 10.0. The summed E-state index contributed by atoms with van der Waals surface area (Å²) in [5.74, 6) is -0.541. The first-order valence-electron chi connectivity index (χ1n) is 4.01. The molecule has 0 saturated carbocycles. The Morgan fingerprint density at radius 2 is 1.79 bits per heavy atom. The Balaban J connectivity index is 3.20. The molecule has 0 saturated heterocycles. The molecule has 0 heterocycles. The molecular weight excluding hydrogens is 228 g/mol. The Bertz CT molecular complexity index is 321. The second-order valence-electron chi connectivity index (χ2n) is 3.09. The first-order valence-corrected chi connectivity index (χ1v) is 4.77. The van der Waals surface area contributed by atoms with E-state index in [0.717, 1.165) is 12.1 Å². The maximum atomic E-state index is 12.8. The number of hydrogen-bond donors (Lipinski definition) is 2. The van der Waals surface area contributed by atoms with Gasteiger partial charge in [0.05, 0.1) is 16.1 Å². The van der Waals surface area contributed by atoms with Gasteiger partial charge in [-0.25, -0.2) is 4.39 Å². The van der Waals surface area contributed by atoms with Crippen LogP contribution in [-0.2, 0) is 0 Å². The van der Waals surface area contributed by atoms with E-state index in [1.807, 2.05) is 0 Å². The van der Waals surface area contributed by atoms with Crippen molar-refractivity contribution < 1.29 is 9.50 Å². The van der Waals surface area contributed by atoms with Crippen LogP contribution in [-0.4, -0.2) is 11.1 Å². The van der Waals surface area contributed by atoms with Crippen molar-refractivity contribution in [3.05, 3.63) is 33.6 Å². The molecule has 0 fully saturated rings. The number of aliphatic hydroxyl groups is 1. The van der Waals surface area contributed by atoms with Crippen LogP contribution in [0.15, 0.2) is 12.1 Å². The second kappa shape index (κ2) is 4.45. The lowest BCUT2D eigenvalue weighted by Crippen LogP contribution is -2.25. The summed E-state index contributed by atoms with van der Waals surface area (Å²) < 4.78 is 12.8. The van der Waals surface area contributed by atoms with E-state index in [4.69, 9.17) is 28.9 Å². The van der Waals surface area contributed by atoms with Crippen molar-refractivity contribution >= 4 is 23.2 Å². The fraction of sp³-hybridized carbons (Fsp3) is 0.333. The third kappa shape index (κ3) is 2.36.